The van der Waals surface area contributed by atoms with Crippen LogP contribution in [0, 0.1) is 0 Å². The Balaban J connectivity index is 1.67. The minimum Gasteiger partial charge on any atom is -0.395 e. The third kappa shape index (κ3) is 2.92. The first-order chi connectivity index (χ1) is 9.86. The van der Waals surface area contributed by atoms with Gasteiger partial charge in [0.25, 0.3) is 0 Å². The number of hydrogen-bond donors (Lipinski definition) is 2. The Morgan fingerprint density at radius 1 is 1.05 bits per heavy atom. The van der Waals surface area contributed by atoms with Crippen molar-refractivity contribution in [3.63, 3.8) is 0 Å². The fourth-order valence-electron chi connectivity index (χ4n) is 3.09. The molecule has 0 amide bonds. The van der Waals surface area contributed by atoms with Crippen LogP contribution in [0.2, 0.25) is 0 Å². The van der Waals surface area contributed by atoms with E-state index in [2.05, 4.69) is 53.8 Å². The second-order valence-electron chi connectivity index (χ2n) is 5.53. The van der Waals surface area contributed by atoms with Crippen molar-refractivity contribution >= 4 is 0 Å². The molecule has 0 radical (unpaired) electrons. The fourth-order valence-corrected chi connectivity index (χ4v) is 3.09. The molecule has 3 rings (SSSR count). The van der Waals surface area contributed by atoms with Crippen LogP contribution < -0.4 is 5.32 Å². The van der Waals surface area contributed by atoms with Crippen LogP contribution in [-0.2, 0) is 12.8 Å². The zero-order valence-electron chi connectivity index (χ0n) is 11.6. The Morgan fingerprint density at radius 3 is 2.60 bits per heavy atom. The third-order valence-corrected chi connectivity index (χ3v) is 4.12. The van der Waals surface area contributed by atoms with Crippen LogP contribution in [0.3, 0.4) is 0 Å². The van der Waals surface area contributed by atoms with Gasteiger partial charge in [0, 0.05) is 12.1 Å². The Bertz CT molecular complexity index is 552. The van der Waals surface area contributed by atoms with Crippen LogP contribution in [0.1, 0.15) is 29.2 Å². The van der Waals surface area contributed by atoms with Crippen molar-refractivity contribution in [3.05, 3.63) is 71.3 Å². The van der Waals surface area contributed by atoms with E-state index in [0.717, 1.165) is 19.3 Å². The lowest BCUT2D eigenvalue weighted by molar-refractivity contribution is 0.230. The first-order valence-electron chi connectivity index (χ1n) is 7.35. The largest absolute Gasteiger partial charge is 0.395 e. The zero-order chi connectivity index (χ0) is 13.8. The number of aliphatic hydroxyl groups is 1. The topological polar surface area (TPSA) is 32.3 Å². The lowest BCUT2D eigenvalue weighted by atomic mass is 10.0. The molecule has 1 unspecified atom stereocenters. The molecule has 0 fully saturated rings. The molecule has 0 saturated carbocycles. The molecule has 2 nitrogen and oxygen atoms in total. The molecule has 104 valence electrons. The molecule has 0 aromatic heterocycles. The van der Waals surface area contributed by atoms with Gasteiger partial charge in [-0.05, 0) is 36.0 Å². The van der Waals surface area contributed by atoms with Gasteiger partial charge in [-0.3, -0.25) is 0 Å². The second-order valence-corrected chi connectivity index (χ2v) is 5.53. The van der Waals surface area contributed by atoms with Crippen LogP contribution in [0.5, 0.6) is 0 Å². The summed E-state index contributed by atoms with van der Waals surface area (Å²) in [6, 6.07) is 19.5. The molecule has 0 spiro atoms. The molecular formula is C18H21NO. The molecule has 1 aliphatic carbocycles. The van der Waals surface area contributed by atoms with Crippen molar-refractivity contribution in [2.45, 2.75) is 31.3 Å². The maximum atomic E-state index is 9.63. The van der Waals surface area contributed by atoms with Crippen molar-refractivity contribution in [3.8, 4) is 0 Å². The first-order valence-corrected chi connectivity index (χ1v) is 7.35. The number of aryl methyl sites for hydroxylation is 1. The number of hydrogen-bond acceptors (Lipinski definition) is 2. The van der Waals surface area contributed by atoms with Gasteiger partial charge in [0.1, 0.15) is 0 Å². The molecule has 1 aliphatic rings. The maximum absolute atomic E-state index is 9.63. The Kier molecular flexibility index (Phi) is 4.14. The number of aliphatic hydroxyl groups excluding tert-OH is 1. The Hall–Kier alpha value is -1.64. The SMILES string of the molecule is OC[C@H](Cc1ccccc1)NC1CCc2ccccc21. The lowest BCUT2D eigenvalue weighted by Gasteiger charge is -2.22. The molecular weight excluding hydrogens is 246 g/mol. The molecule has 20 heavy (non-hydrogen) atoms. The molecule has 2 aromatic rings. The molecule has 2 heteroatoms. The summed E-state index contributed by atoms with van der Waals surface area (Å²) in [6.07, 6.45) is 3.14. The number of nitrogens with one attached hydrogen (secondary N) is 1. The van der Waals surface area contributed by atoms with Crippen molar-refractivity contribution in [2.75, 3.05) is 6.61 Å². The van der Waals surface area contributed by atoms with Crippen molar-refractivity contribution in [2.24, 2.45) is 0 Å². The van der Waals surface area contributed by atoms with E-state index in [0.29, 0.717) is 6.04 Å². The van der Waals surface area contributed by atoms with Crippen LogP contribution in [-0.4, -0.2) is 17.8 Å². The summed E-state index contributed by atoms with van der Waals surface area (Å²) in [6.45, 7) is 0.174. The smallest absolute Gasteiger partial charge is 0.0588 e. The molecule has 0 aliphatic heterocycles. The zero-order valence-corrected chi connectivity index (χ0v) is 11.6. The summed E-state index contributed by atoms with van der Waals surface area (Å²) in [5.41, 5.74) is 4.12. The van der Waals surface area contributed by atoms with Crippen LogP contribution in [0.15, 0.2) is 54.6 Å². The van der Waals surface area contributed by atoms with Crippen LogP contribution in [0.25, 0.3) is 0 Å². The van der Waals surface area contributed by atoms with E-state index in [1.807, 2.05) is 6.07 Å². The van der Waals surface area contributed by atoms with Crippen molar-refractivity contribution < 1.29 is 5.11 Å². The standard InChI is InChI=1S/C18H21NO/c20-13-16(12-14-6-2-1-3-7-14)19-18-11-10-15-8-4-5-9-17(15)18/h1-9,16,18-20H,10-13H2/t16-,18?/m0/s1. The number of benzene rings is 2. The second kappa shape index (κ2) is 6.21. The fraction of sp³-hybridized carbons (Fsp3) is 0.333. The number of fused-ring (bicyclic) bond motifs is 1. The summed E-state index contributed by atoms with van der Waals surface area (Å²) >= 11 is 0. The molecule has 2 N–H and O–H groups in total. The molecule has 0 heterocycles. The summed E-state index contributed by atoms with van der Waals surface area (Å²) < 4.78 is 0. The minimum absolute atomic E-state index is 0.119. The predicted molar refractivity (Wildman–Crippen MR) is 81.7 cm³/mol. The highest BCUT2D eigenvalue weighted by atomic mass is 16.3. The van der Waals surface area contributed by atoms with Gasteiger partial charge in [-0.25, -0.2) is 0 Å². The highest BCUT2D eigenvalue weighted by Crippen LogP contribution is 2.31. The van der Waals surface area contributed by atoms with Gasteiger partial charge in [0.15, 0.2) is 0 Å². The maximum Gasteiger partial charge on any atom is 0.0588 e. The lowest BCUT2D eigenvalue weighted by Crippen LogP contribution is -2.36. The summed E-state index contributed by atoms with van der Waals surface area (Å²) in [5.74, 6) is 0. The summed E-state index contributed by atoms with van der Waals surface area (Å²) in [5, 5.41) is 13.3. The van der Waals surface area contributed by atoms with Gasteiger partial charge >= 0.3 is 0 Å². The van der Waals surface area contributed by atoms with E-state index < -0.39 is 0 Å². The summed E-state index contributed by atoms with van der Waals surface area (Å²) in [4.78, 5) is 0. The highest BCUT2D eigenvalue weighted by Gasteiger charge is 2.24. The Morgan fingerprint density at radius 2 is 1.80 bits per heavy atom. The van der Waals surface area contributed by atoms with Gasteiger partial charge in [-0.2, -0.15) is 0 Å². The summed E-state index contributed by atoms with van der Waals surface area (Å²) in [7, 11) is 0. The molecule has 2 atom stereocenters. The molecule has 0 saturated heterocycles. The van der Waals surface area contributed by atoms with E-state index in [1.165, 1.54) is 16.7 Å². The van der Waals surface area contributed by atoms with Gasteiger partial charge in [0.2, 0.25) is 0 Å². The predicted octanol–water partition coefficient (Wildman–Crippen LogP) is 2.87. The molecule has 2 aromatic carbocycles. The van der Waals surface area contributed by atoms with Crippen molar-refractivity contribution in [1.82, 2.24) is 5.32 Å². The highest BCUT2D eigenvalue weighted by molar-refractivity contribution is 5.34. The monoisotopic (exact) mass is 267 g/mol. The quantitative estimate of drug-likeness (QED) is 0.873. The Labute approximate surface area is 120 Å². The van der Waals surface area contributed by atoms with Crippen LogP contribution in [0.4, 0.5) is 0 Å². The van der Waals surface area contributed by atoms with Gasteiger partial charge in [0.05, 0.1) is 6.61 Å². The minimum atomic E-state index is 0.119. The van der Waals surface area contributed by atoms with Crippen LogP contribution >= 0.6 is 0 Å². The normalized spacial score (nSPS) is 18.8. The molecule has 0 bridgehead atoms. The van der Waals surface area contributed by atoms with E-state index in [-0.39, 0.29) is 12.6 Å². The van der Waals surface area contributed by atoms with E-state index in [1.54, 1.807) is 0 Å². The first kappa shape index (κ1) is 13.3. The van der Waals surface area contributed by atoms with E-state index >= 15 is 0 Å². The van der Waals surface area contributed by atoms with E-state index in [9.17, 15) is 5.11 Å². The average molecular weight is 267 g/mol. The van der Waals surface area contributed by atoms with E-state index in [4.69, 9.17) is 0 Å². The van der Waals surface area contributed by atoms with Gasteiger partial charge in [-0.1, -0.05) is 54.6 Å². The number of rotatable bonds is 5. The van der Waals surface area contributed by atoms with Gasteiger partial charge < -0.3 is 10.4 Å². The third-order valence-electron chi connectivity index (χ3n) is 4.12. The van der Waals surface area contributed by atoms with Gasteiger partial charge in [-0.15, -0.1) is 0 Å². The van der Waals surface area contributed by atoms with Crippen molar-refractivity contribution in [1.29, 1.82) is 0 Å². The average Bonchev–Trinajstić information content (AvgIpc) is 2.91.